The molecule has 0 aromatic carbocycles. The molecular weight excluding hydrogens is 272 g/mol. The van der Waals surface area contributed by atoms with Crippen LogP contribution in [0.15, 0.2) is 34.9 Å². The minimum absolute atomic E-state index is 0.167. The fraction of sp³-hybridized carbons (Fsp3) is 0.650. The highest BCUT2D eigenvalue weighted by Gasteiger charge is 1.98. The molecule has 1 atom stereocenters. The summed E-state index contributed by atoms with van der Waals surface area (Å²) in [7, 11) is 0. The third kappa shape index (κ3) is 21.2. The SMILES string of the molecule is CC(C)=CCC/C(C)=C/CO.CC(C)=CCCC(C)CC=O. The average molecular weight is 309 g/mol. The lowest BCUT2D eigenvalue weighted by atomic mass is 10.0. The molecule has 0 bridgehead atoms. The molecule has 0 aliphatic carbocycles. The third-order valence-corrected chi connectivity index (χ3v) is 3.24. The second-order valence-electron chi connectivity index (χ2n) is 6.42. The van der Waals surface area contributed by atoms with E-state index in [-0.39, 0.29) is 6.61 Å². The van der Waals surface area contributed by atoms with Gasteiger partial charge in [0.05, 0.1) is 6.61 Å². The van der Waals surface area contributed by atoms with Gasteiger partial charge in [0.2, 0.25) is 0 Å². The summed E-state index contributed by atoms with van der Waals surface area (Å²) >= 11 is 0. The van der Waals surface area contributed by atoms with Crippen molar-refractivity contribution in [2.45, 2.75) is 73.6 Å². The van der Waals surface area contributed by atoms with E-state index in [1.807, 2.05) is 6.08 Å². The zero-order valence-corrected chi connectivity index (χ0v) is 15.5. The molecule has 0 aliphatic rings. The summed E-state index contributed by atoms with van der Waals surface area (Å²) in [6.07, 6.45) is 12.4. The molecule has 22 heavy (non-hydrogen) atoms. The Morgan fingerprint density at radius 3 is 1.95 bits per heavy atom. The van der Waals surface area contributed by atoms with Crippen molar-refractivity contribution in [3.8, 4) is 0 Å². The Bertz CT molecular complexity index is 354. The van der Waals surface area contributed by atoms with Crippen LogP contribution in [-0.4, -0.2) is 18.0 Å². The highest BCUT2D eigenvalue weighted by Crippen LogP contribution is 2.09. The zero-order valence-electron chi connectivity index (χ0n) is 15.5. The molecule has 0 heterocycles. The largest absolute Gasteiger partial charge is 0.392 e. The minimum Gasteiger partial charge on any atom is -0.392 e. The molecule has 0 amide bonds. The van der Waals surface area contributed by atoms with Gasteiger partial charge in [-0.1, -0.05) is 41.9 Å². The van der Waals surface area contributed by atoms with E-state index in [1.165, 1.54) is 16.7 Å². The van der Waals surface area contributed by atoms with E-state index in [0.29, 0.717) is 12.3 Å². The summed E-state index contributed by atoms with van der Waals surface area (Å²) in [5, 5.41) is 8.55. The predicted molar refractivity (Wildman–Crippen MR) is 98.0 cm³/mol. The average Bonchev–Trinajstić information content (AvgIpc) is 2.39. The summed E-state index contributed by atoms with van der Waals surface area (Å²) in [6.45, 7) is 12.7. The van der Waals surface area contributed by atoms with Crippen LogP contribution in [0.5, 0.6) is 0 Å². The smallest absolute Gasteiger partial charge is 0.120 e. The maximum absolute atomic E-state index is 10.1. The predicted octanol–water partition coefficient (Wildman–Crippen LogP) is 5.63. The molecule has 0 fully saturated rings. The summed E-state index contributed by atoms with van der Waals surface area (Å²) in [4.78, 5) is 10.1. The molecule has 0 rings (SSSR count). The first-order valence-electron chi connectivity index (χ1n) is 8.30. The van der Waals surface area contributed by atoms with Crippen molar-refractivity contribution in [1.82, 2.24) is 0 Å². The number of aliphatic hydroxyl groups excluding tert-OH is 1. The summed E-state index contributed by atoms with van der Waals surface area (Å²) in [6, 6.07) is 0. The molecule has 0 aliphatic heterocycles. The Hall–Kier alpha value is -1.15. The lowest BCUT2D eigenvalue weighted by Crippen LogP contribution is -1.93. The van der Waals surface area contributed by atoms with Crippen LogP contribution < -0.4 is 0 Å². The van der Waals surface area contributed by atoms with Gasteiger partial charge >= 0.3 is 0 Å². The maximum Gasteiger partial charge on any atom is 0.120 e. The van der Waals surface area contributed by atoms with E-state index in [2.05, 4.69) is 53.7 Å². The standard InChI is InChI=1S/2C10H18O/c2*1-9(2)5-4-6-10(3)7-8-11/h5,8,10H,4,6-7H2,1-3H3;5,7,11H,4,6,8H2,1-3H3/b;10-7+. The Morgan fingerprint density at radius 2 is 1.50 bits per heavy atom. The van der Waals surface area contributed by atoms with E-state index < -0.39 is 0 Å². The fourth-order valence-corrected chi connectivity index (χ4v) is 1.79. The topological polar surface area (TPSA) is 37.3 Å². The molecule has 0 saturated carbocycles. The lowest BCUT2D eigenvalue weighted by Gasteiger charge is -2.03. The van der Waals surface area contributed by atoms with Crippen molar-refractivity contribution < 1.29 is 9.90 Å². The molecule has 0 radical (unpaired) electrons. The number of carbonyl (C=O) groups excluding carboxylic acids is 1. The molecule has 0 spiro atoms. The van der Waals surface area contributed by atoms with Crippen LogP contribution in [-0.2, 0) is 4.79 Å². The number of allylic oxidation sites excluding steroid dienone is 5. The van der Waals surface area contributed by atoms with Gasteiger partial charge in [0.1, 0.15) is 6.29 Å². The van der Waals surface area contributed by atoms with Gasteiger partial charge in [-0.3, -0.25) is 0 Å². The van der Waals surface area contributed by atoms with Crippen molar-refractivity contribution in [3.05, 3.63) is 34.9 Å². The Balaban J connectivity index is 0. The number of rotatable bonds is 9. The van der Waals surface area contributed by atoms with E-state index in [4.69, 9.17) is 5.11 Å². The summed E-state index contributed by atoms with van der Waals surface area (Å²) in [5.74, 6) is 0.545. The first-order chi connectivity index (χ1) is 10.3. The molecular formula is C20H36O2. The first-order valence-corrected chi connectivity index (χ1v) is 8.30. The molecule has 0 aromatic rings. The van der Waals surface area contributed by atoms with Gasteiger partial charge in [-0.05, 0) is 66.2 Å². The van der Waals surface area contributed by atoms with Crippen LogP contribution in [0.1, 0.15) is 73.6 Å². The number of carbonyl (C=O) groups is 1. The van der Waals surface area contributed by atoms with Crippen molar-refractivity contribution >= 4 is 6.29 Å². The van der Waals surface area contributed by atoms with Crippen molar-refractivity contribution in [3.63, 3.8) is 0 Å². The zero-order chi connectivity index (χ0) is 17.4. The number of hydrogen-bond acceptors (Lipinski definition) is 2. The van der Waals surface area contributed by atoms with Gasteiger partial charge in [0, 0.05) is 6.42 Å². The van der Waals surface area contributed by atoms with Crippen LogP contribution in [0, 0.1) is 5.92 Å². The Morgan fingerprint density at radius 1 is 0.955 bits per heavy atom. The van der Waals surface area contributed by atoms with Crippen LogP contribution in [0.2, 0.25) is 0 Å². The second-order valence-corrected chi connectivity index (χ2v) is 6.42. The highest BCUT2D eigenvalue weighted by molar-refractivity contribution is 5.49. The third-order valence-electron chi connectivity index (χ3n) is 3.24. The van der Waals surface area contributed by atoms with Gasteiger partial charge in [-0.2, -0.15) is 0 Å². The first kappa shape index (κ1) is 23.1. The van der Waals surface area contributed by atoms with Crippen molar-refractivity contribution in [2.24, 2.45) is 5.92 Å². The van der Waals surface area contributed by atoms with Crippen molar-refractivity contribution in [2.75, 3.05) is 6.61 Å². The Labute approximate surface area is 138 Å². The monoisotopic (exact) mass is 308 g/mol. The van der Waals surface area contributed by atoms with E-state index >= 15 is 0 Å². The van der Waals surface area contributed by atoms with E-state index in [9.17, 15) is 4.79 Å². The lowest BCUT2D eigenvalue weighted by molar-refractivity contribution is -0.108. The quantitative estimate of drug-likeness (QED) is 0.443. The van der Waals surface area contributed by atoms with Gasteiger partial charge < -0.3 is 9.90 Å². The van der Waals surface area contributed by atoms with Crippen molar-refractivity contribution in [1.29, 1.82) is 0 Å². The number of aliphatic hydroxyl groups is 1. The molecule has 1 N–H and O–H groups in total. The van der Waals surface area contributed by atoms with Crippen LogP contribution in [0.25, 0.3) is 0 Å². The van der Waals surface area contributed by atoms with E-state index in [1.54, 1.807) is 0 Å². The molecule has 0 aromatic heterocycles. The molecule has 128 valence electrons. The van der Waals surface area contributed by atoms with Crippen LogP contribution in [0.3, 0.4) is 0 Å². The van der Waals surface area contributed by atoms with Gasteiger partial charge in [0.15, 0.2) is 0 Å². The summed E-state index contributed by atoms with van der Waals surface area (Å²) in [5.41, 5.74) is 4.00. The van der Waals surface area contributed by atoms with Gasteiger partial charge in [-0.25, -0.2) is 0 Å². The minimum atomic E-state index is 0.167. The number of hydrogen-bond donors (Lipinski definition) is 1. The van der Waals surface area contributed by atoms with Crippen LogP contribution >= 0.6 is 0 Å². The maximum atomic E-state index is 10.1. The Kier molecular flexibility index (Phi) is 17.1. The fourth-order valence-electron chi connectivity index (χ4n) is 1.79. The van der Waals surface area contributed by atoms with Crippen LogP contribution in [0.4, 0.5) is 0 Å². The highest BCUT2D eigenvalue weighted by atomic mass is 16.2. The molecule has 2 nitrogen and oxygen atoms in total. The molecule has 2 heteroatoms. The summed E-state index contributed by atoms with van der Waals surface area (Å²) < 4.78 is 0. The van der Waals surface area contributed by atoms with Gasteiger partial charge in [-0.15, -0.1) is 0 Å². The molecule has 1 unspecified atom stereocenters. The molecule has 0 saturated heterocycles. The number of aldehydes is 1. The van der Waals surface area contributed by atoms with Gasteiger partial charge in [0.25, 0.3) is 0 Å². The van der Waals surface area contributed by atoms with E-state index in [0.717, 1.165) is 32.0 Å². The second kappa shape index (κ2) is 16.2. The normalized spacial score (nSPS) is 11.9.